The number of aromatic nitrogens is 5. The summed E-state index contributed by atoms with van der Waals surface area (Å²) in [6, 6.07) is 9.30. The number of amides is 1. The molecule has 1 aliphatic rings. The van der Waals surface area contributed by atoms with Gasteiger partial charge in [0, 0.05) is 31.7 Å². The van der Waals surface area contributed by atoms with Crippen LogP contribution in [0.1, 0.15) is 12.8 Å². The molecule has 26 heavy (non-hydrogen) atoms. The first-order valence-electron chi connectivity index (χ1n) is 8.58. The number of hydrogen-bond acceptors (Lipinski definition) is 6. The van der Waals surface area contributed by atoms with Crippen molar-refractivity contribution in [1.29, 1.82) is 0 Å². The Kier molecular flexibility index (Phi) is 4.55. The highest BCUT2D eigenvalue weighted by Crippen LogP contribution is 2.22. The maximum absolute atomic E-state index is 12.5. The summed E-state index contributed by atoms with van der Waals surface area (Å²) in [7, 11) is 0. The van der Waals surface area contributed by atoms with E-state index in [9.17, 15) is 4.79 Å². The molecule has 1 saturated heterocycles. The van der Waals surface area contributed by atoms with Crippen molar-refractivity contribution in [2.24, 2.45) is 5.92 Å². The Labute approximate surface area is 150 Å². The first-order valence-corrected chi connectivity index (χ1v) is 8.58. The molecule has 8 nitrogen and oxygen atoms in total. The number of nitrogens with one attached hydrogen (secondary N) is 1. The van der Waals surface area contributed by atoms with E-state index < -0.39 is 0 Å². The predicted octanol–water partition coefficient (Wildman–Crippen LogP) is 1.91. The van der Waals surface area contributed by atoms with Gasteiger partial charge in [0.25, 0.3) is 0 Å². The van der Waals surface area contributed by atoms with Gasteiger partial charge in [-0.25, -0.2) is 9.97 Å². The first kappa shape index (κ1) is 16.2. The van der Waals surface area contributed by atoms with Crippen molar-refractivity contribution >= 4 is 17.5 Å². The normalized spacial score (nSPS) is 17.1. The van der Waals surface area contributed by atoms with Crippen LogP contribution < -0.4 is 10.2 Å². The van der Waals surface area contributed by atoms with Gasteiger partial charge in [-0.05, 0) is 37.1 Å². The minimum Gasteiger partial charge on any atom is -0.354 e. The molecule has 4 heterocycles. The summed E-state index contributed by atoms with van der Waals surface area (Å²) in [4.78, 5) is 22.8. The Hall–Kier alpha value is -3.29. The fraction of sp³-hybridized carbons (Fsp3) is 0.278. The molecule has 4 rings (SSSR count). The molecular weight excluding hydrogens is 330 g/mol. The molecule has 0 aromatic carbocycles. The van der Waals surface area contributed by atoms with Crippen LogP contribution in [0.15, 0.2) is 55.2 Å². The number of nitrogens with zero attached hydrogens (tertiary/aromatic N) is 6. The van der Waals surface area contributed by atoms with E-state index in [4.69, 9.17) is 0 Å². The van der Waals surface area contributed by atoms with E-state index in [1.807, 2.05) is 30.5 Å². The number of carbonyl (C=O) groups is 1. The molecule has 0 saturated carbocycles. The number of carbonyl (C=O) groups excluding carboxylic acids is 1. The summed E-state index contributed by atoms with van der Waals surface area (Å²) in [6.07, 6.45) is 8.66. The lowest BCUT2D eigenvalue weighted by molar-refractivity contribution is -0.120. The van der Waals surface area contributed by atoms with Gasteiger partial charge in [0.2, 0.25) is 5.91 Å². The van der Waals surface area contributed by atoms with Crippen molar-refractivity contribution in [2.45, 2.75) is 12.8 Å². The van der Waals surface area contributed by atoms with Gasteiger partial charge < -0.3 is 10.2 Å². The monoisotopic (exact) mass is 349 g/mol. The fourth-order valence-corrected chi connectivity index (χ4v) is 3.08. The van der Waals surface area contributed by atoms with Gasteiger partial charge in [-0.15, -0.1) is 10.2 Å². The zero-order chi connectivity index (χ0) is 17.8. The van der Waals surface area contributed by atoms with Crippen molar-refractivity contribution < 1.29 is 4.79 Å². The predicted molar refractivity (Wildman–Crippen MR) is 97.0 cm³/mol. The van der Waals surface area contributed by atoms with Crippen LogP contribution in [0.4, 0.5) is 11.6 Å². The molecular formula is C18H19N7O. The topological polar surface area (TPSA) is 88.8 Å². The summed E-state index contributed by atoms with van der Waals surface area (Å²) in [5.41, 5.74) is 0. The lowest BCUT2D eigenvalue weighted by atomic mass is 9.97. The second kappa shape index (κ2) is 7.30. The number of imidazole rings is 1. The zero-order valence-electron chi connectivity index (χ0n) is 14.2. The van der Waals surface area contributed by atoms with Crippen molar-refractivity contribution in [1.82, 2.24) is 24.7 Å². The van der Waals surface area contributed by atoms with Crippen LogP contribution in [0.2, 0.25) is 0 Å². The van der Waals surface area contributed by atoms with Crippen LogP contribution in [0.3, 0.4) is 0 Å². The number of piperidine rings is 1. The largest absolute Gasteiger partial charge is 0.354 e. The second-order valence-electron chi connectivity index (χ2n) is 6.21. The Morgan fingerprint density at radius 3 is 2.73 bits per heavy atom. The lowest BCUT2D eigenvalue weighted by Gasteiger charge is -2.32. The Balaban J connectivity index is 1.42. The first-order chi connectivity index (χ1) is 12.8. The van der Waals surface area contributed by atoms with Gasteiger partial charge in [-0.3, -0.25) is 9.36 Å². The SMILES string of the molecule is O=C(Nc1ccccn1)C1CCCN(c2ccc(-n3ccnc3)nn2)C1. The van der Waals surface area contributed by atoms with Crippen molar-refractivity contribution in [3.8, 4) is 5.82 Å². The molecule has 1 aliphatic heterocycles. The highest BCUT2D eigenvalue weighted by atomic mass is 16.2. The molecule has 1 unspecified atom stereocenters. The maximum Gasteiger partial charge on any atom is 0.230 e. The van der Waals surface area contributed by atoms with E-state index in [1.54, 1.807) is 29.4 Å². The molecule has 0 spiro atoms. The average Bonchev–Trinajstić information content (AvgIpc) is 3.24. The van der Waals surface area contributed by atoms with Crippen molar-refractivity contribution in [2.75, 3.05) is 23.3 Å². The number of anilines is 2. The quantitative estimate of drug-likeness (QED) is 0.774. The molecule has 8 heteroatoms. The van der Waals surface area contributed by atoms with E-state index in [0.717, 1.165) is 25.2 Å². The van der Waals surface area contributed by atoms with E-state index in [-0.39, 0.29) is 11.8 Å². The molecule has 0 aliphatic carbocycles. The molecule has 1 amide bonds. The van der Waals surface area contributed by atoms with Crippen molar-refractivity contribution in [3.05, 3.63) is 55.2 Å². The molecule has 1 N–H and O–H groups in total. The summed E-state index contributed by atoms with van der Waals surface area (Å²) < 4.78 is 1.80. The van der Waals surface area contributed by atoms with Crippen LogP contribution in [0.5, 0.6) is 0 Å². The highest BCUT2D eigenvalue weighted by Gasteiger charge is 2.27. The summed E-state index contributed by atoms with van der Waals surface area (Å²) in [6.45, 7) is 1.49. The molecule has 132 valence electrons. The van der Waals surface area contributed by atoms with Crippen LogP contribution in [0.25, 0.3) is 5.82 Å². The molecule has 3 aromatic heterocycles. The summed E-state index contributed by atoms with van der Waals surface area (Å²) in [5.74, 6) is 1.98. The molecule has 0 radical (unpaired) electrons. The maximum atomic E-state index is 12.5. The lowest BCUT2D eigenvalue weighted by Crippen LogP contribution is -2.41. The van der Waals surface area contributed by atoms with Gasteiger partial charge in [-0.2, -0.15) is 0 Å². The fourth-order valence-electron chi connectivity index (χ4n) is 3.08. The Morgan fingerprint density at radius 2 is 2.00 bits per heavy atom. The Morgan fingerprint density at radius 1 is 1.12 bits per heavy atom. The summed E-state index contributed by atoms with van der Waals surface area (Å²) in [5, 5.41) is 11.5. The second-order valence-corrected chi connectivity index (χ2v) is 6.21. The van der Waals surface area contributed by atoms with Gasteiger partial charge >= 0.3 is 0 Å². The van der Waals surface area contributed by atoms with Gasteiger partial charge in [-0.1, -0.05) is 6.07 Å². The van der Waals surface area contributed by atoms with Crippen LogP contribution in [0, 0.1) is 5.92 Å². The van der Waals surface area contributed by atoms with E-state index in [0.29, 0.717) is 18.2 Å². The van der Waals surface area contributed by atoms with Gasteiger partial charge in [0.1, 0.15) is 12.1 Å². The number of rotatable bonds is 4. The molecule has 1 fully saturated rings. The minimum atomic E-state index is -0.0964. The number of pyridine rings is 1. The van der Waals surface area contributed by atoms with E-state index in [2.05, 4.69) is 30.4 Å². The van der Waals surface area contributed by atoms with Crippen molar-refractivity contribution in [3.63, 3.8) is 0 Å². The zero-order valence-corrected chi connectivity index (χ0v) is 14.2. The van der Waals surface area contributed by atoms with Crippen LogP contribution >= 0.6 is 0 Å². The Bertz CT molecular complexity index is 849. The smallest absolute Gasteiger partial charge is 0.230 e. The van der Waals surface area contributed by atoms with Crippen LogP contribution in [-0.2, 0) is 4.79 Å². The van der Waals surface area contributed by atoms with E-state index in [1.165, 1.54) is 0 Å². The third kappa shape index (κ3) is 3.53. The highest BCUT2D eigenvalue weighted by molar-refractivity contribution is 5.92. The molecule has 3 aromatic rings. The average molecular weight is 349 g/mol. The number of hydrogen-bond donors (Lipinski definition) is 1. The molecule has 1 atom stereocenters. The van der Waals surface area contributed by atoms with Gasteiger partial charge in [0.15, 0.2) is 11.6 Å². The third-order valence-corrected chi connectivity index (χ3v) is 4.44. The van der Waals surface area contributed by atoms with Crippen LogP contribution in [-0.4, -0.2) is 43.7 Å². The standard InChI is InChI=1S/C18H19N7O/c26-18(21-15-5-1-2-8-20-15)14-4-3-10-24(12-14)16-6-7-17(23-22-16)25-11-9-19-13-25/h1-2,5-9,11,13-14H,3-4,10,12H2,(H,20,21,26). The summed E-state index contributed by atoms with van der Waals surface area (Å²) >= 11 is 0. The van der Waals surface area contributed by atoms with E-state index >= 15 is 0 Å². The third-order valence-electron chi connectivity index (χ3n) is 4.44. The van der Waals surface area contributed by atoms with Gasteiger partial charge in [0.05, 0.1) is 5.92 Å². The molecule has 0 bridgehead atoms. The minimum absolute atomic E-state index is 0.00334.